The molecule has 244 valence electrons. The Bertz CT molecular complexity index is 1900. The normalized spacial score (nSPS) is 11.0. The lowest BCUT2D eigenvalue weighted by Crippen LogP contribution is -2.40. The van der Waals surface area contributed by atoms with Gasteiger partial charge in [0.2, 0.25) is 0 Å². The molecule has 0 aliphatic rings. The smallest absolute Gasteiger partial charge is 0.289 e. The summed E-state index contributed by atoms with van der Waals surface area (Å²) in [7, 11) is -1.98. The van der Waals surface area contributed by atoms with Crippen LogP contribution >= 0.6 is 11.6 Å². The van der Waals surface area contributed by atoms with Crippen molar-refractivity contribution >= 4 is 56.7 Å². The fraction of sp³-hybridized carbons (Fsp3) is 0.129. The van der Waals surface area contributed by atoms with Crippen molar-refractivity contribution in [3.8, 4) is 17.2 Å². The van der Waals surface area contributed by atoms with Crippen molar-refractivity contribution in [1.82, 2.24) is 5.43 Å². The molecule has 0 bridgehead atoms. The van der Waals surface area contributed by atoms with Crippen LogP contribution in [0.5, 0.6) is 17.2 Å². The predicted molar refractivity (Wildman–Crippen MR) is 175 cm³/mol. The summed E-state index contributed by atoms with van der Waals surface area (Å²) >= 11 is 6.05. The van der Waals surface area contributed by atoms with Crippen molar-refractivity contribution in [3.63, 3.8) is 0 Å². The number of halogens is 1. The van der Waals surface area contributed by atoms with Gasteiger partial charge in [0.05, 0.1) is 41.8 Å². The average Bonchev–Trinajstić information content (AvgIpc) is 3.07. The Labute approximate surface area is 274 Å². The molecule has 0 unspecified atom stereocenters. The van der Waals surface area contributed by atoms with Gasteiger partial charge in [-0.3, -0.25) is 24.0 Å². The highest BCUT2D eigenvalue weighted by Gasteiger charge is 2.34. The van der Waals surface area contributed by atoms with Gasteiger partial charge in [0.15, 0.2) is 11.5 Å². The Morgan fingerprint density at radius 2 is 1.62 bits per heavy atom. The van der Waals surface area contributed by atoms with E-state index in [0.29, 0.717) is 32.1 Å². The van der Waals surface area contributed by atoms with Crippen LogP contribution in [0.3, 0.4) is 0 Å². The maximum Gasteiger partial charge on any atom is 0.289 e. The molecule has 2 N–H and O–H groups in total. The van der Waals surface area contributed by atoms with E-state index in [2.05, 4.69) is 15.8 Å². The monoisotopic (exact) mass is 681 g/mol. The van der Waals surface area contributed by atoms with Gasteiger partial charge in [0.25, 0.3) is 27.5 Å². The van der Waals surface area contributed by atoms with Gasteiger partial charge in [-0.2, -0.15) is 5.10 Å². The number of hydrogen-bond acceptors (Lipinski definition) is 10. The Hall–Kier alpha value is -5.67. The number of rotatable bonds is 14. The number of nitro benzene ring substituents is 1. The number of sulfonamides is 1. The summed E-state index contributed by atoms with van der Waals surface area (Å²) in [6.45, 7) is -1.07. The summed E-state index contributed by atoms with van der Waals surface area (Å²) in [5.41, 5.74) is 2.53. The number of para-hydroxylation sites is 2. The molecule has 4 aromatic carbocycles. The number of carbonyl (C=O) groups excluding carboxylic acids is 2. The number of hydrogen-bond donors (Lipinski definition) is 2. The fourth-order valence-corrected chi connectivity index (χ4v) is 5.90. The maximum absolute atomic E-state index is 13.8. The molecule has 0 aromatic heterocycles. The van der Waals surface area contributed by atoms with Crippen molar-refractivity contribution in [1.29, 1.82) is 0 Å². The molecular weight excluding hydrogens is 654 g/mol. The Kier molecular flexibility index (Phi) is 11.3. The first-order chi connectivity index (χ1) is 22.5. The molecule has 4 aromatic rings. The quantitative estimate of drug-likeness (QED) is 0.109. The summed E-state index contributed by atoms with van der Waals surface area (Å²) in [6, 6.07) is 22.2. The van der Waals surface area contributed by atoms with E-state index in [1.54, 1.807) is 48.5 Å². The second-order valence-electron chi connectivity index (χ2n) is 9.45. The average molecular weight is 682 g/mol. The minimum Gasteiger partial charge on any atom is -0.497 e. The first kappa shape index (κ1) is 34.2. The predicted octanol–water partition coefficient (Wildman–Crippen LogP) is 4.63. The highest BCUT2D eigenvalue weighted by molar-refractivity contribution is 7.93. The van der Waals surface area contributed by atoms with E-state index in [0.717, 1.165) is 12.1 Å². The van der Waals surface area contributed by atoms with Gasteiger partial charge in [-0.1, -0.05) is 35.9 Å². The molecule has 0 aliphatic carbocycles. The van der Waals surface area contributed by atoms with Crippen molar-refractivity contribution in [3.05, 3.63) is 112 Å². The number of methoxy groups -OCH3 is 2. The van der Waals surface area contributed by atoms with Crippen LogP contribution in [0.15, 0.2) is 101 Å². The minimum absolute atomic E-state index is 0.0338. The molecule has 4 rings (SSSR count). The van der Waals surface area contributed by atoms with Gasteiger partial charge in [0.1, 0.15) is 23.8 Å². The zero-order chi connectivity index (χ0) is 34.0. The zero-order valence-electron chi connectivity index (χ0n) is 25.0. The number of nitro groups is 1. The number of benzene rings is 4. The molecule has 0 saturated heterocycles. The van der Waals surface area contributed by atoms with Crippen LogP contribution in [0.25, 0.3) is 0 Å². The zero-order valence-corrected chi connectivity index (χ0v) is 26.5. The van der Waals surface area contributed by atoms with Crippen molar-refractivity contribution in [2.75, 3.05) is 37.0 Å². The fourth-order valence-electron chi connectivity index (χ4n) is 4.13. The van der Waals surface area contributed by atoms with E-state index >= 15 is 0 Å². The van der Waals surface area contributed by atoms with Crippen LogP contribution in [-0.4, -0.2) is 58.7 Å². The van der Waals surface area contributed by atoms with Crippen LogP contribution < -0.4 is 29.3 Å². The van der Waals surface area contributed by atoms with Gasteiger partial charge in [-0.05, 0) is 60.2 Å². The van der Waals surface area contributed by atoms with Crippen molar-refractivity contribution in [2.24, 2.45) is 5.10 Å². The van der Waals surface area contributed by atoms with Crippen LogP contribution in [0.2, 0.25) is 5.02 Å². The van der Waals surface area contributed by atoms with Gasteiger partial charge < -0.3 is 19.5 Å². The van der Waals surface area contributed by atoms with E-state index in [1.165, 1.54) is 50.8 Å². The summed E-state index contributed by atoms with van der Waals surface area (Å²) in [6.07, 6.45) is 1.31. The van der Waals surface area contributed by atoms with Crippen LogP contribution in [0.1, 0.15) is 5.56 Å². The van der Waals surface area contributed by atoms with E-state index in [-0.39, 0.29) is 18.0 Å². The third kappa shape index (κ3) is 8.74. The molecule has 2 amide bonds. The minimum atomic E-state index is -4.68. The van der Waals surface area contributed by atoms with E-state index < -0.39 is 43.9 Å². The highest BCUT2D eigenvalue weighted by atomic mass is 35.5. The molecule has 0 fully saturated rings. The van der Waals surface area contributed by atoms with E-state index in [9.17, 15) is 28.1 Å². The van der Waals surface area contributed by atoms with Gasteiger partial charge in [-0.25, -0.2) is 13.8 Å². The topological polar surface area (TPSA) is 179 Å². The molecule has 0 atom stereocenters. The third-order valence-corrected chi connectivity index (χ3v) is 8.51. The first-order valence-electron chi connectivity index (χ1n) is 13.6. The SMILES string of the molecule is COc1ccc(N(CC(=O)NN=Cc2ccc(OCC(=O)Nc3ccccc3Cl)cc2)S(=O)(=O)c2ccccc2[N+](=O)[O-])c(OC)c1. The highest BCUT2D eigenvalue weighted by Crippen LogP contribution is 2.37. The molecule has 0 spiro atoms. The van der Waals surface area contributed by atoms with Gasteiger partial charge in [0, 0.05) is 12.1 Å². The molecule has 16 heteroatoms. The van der Waals surface area contributed by atoms with Gasteiger partial charge in [-0.15, -0.1) is 0 Å². The lowest BCUT2D eigenvalue weighted by molar-refractivity contribution is -0.387. The summed E-state index contributed by atoms with van der Waals surface area (Å²) < 4.78 is 44.4. The number of nitrogens with one attached hydrogen (secondary N) is 2. The second-order valence-corrected chi connectivity index (χ2v) is 11.7. The summed E-state index contributed by atoms with van der Waals surface area (Å²) in [5, 5.41) is 18.6. The first-order valence-corrected chi connectivity index (χ1v) is 15.4. The molecule has 0 saturated carbocycles. The molecule has 14 nitrogen and oxygen atoms in total. The Morgan fingerprint density at radius 3 is 2.30 bits per heavy atom. The number of ether oxygens (including phenoxy) is 3. The van der Waals surface area contributed by atoms with Crippen LogP contribution in [-0.2, 0) is 19.6 Å². The van der Waals surface area contributed by atoms with Crippen LogP contribution in [0, 0.1) is 10.1 Å². The lowest BCUT2D eigenvalue weighted by Gasteiger charge is -2.25. The standard InChI is InChI=1S/C31H28ClN5O9S/c1-44-23-15-16-26(28(17-23)45-2)36(47(42,43)29-10-6-5-9-27(29)37(40)41)19-30(38)35-33-18-21-11-13-22(14-12-21)46-20-31(39)34-25-8-4-3-7-24(25)32/h3-18H,19-20H2,1-2H3,(H,34,39)(H,35,38). The number of hydrazone groups is 1. The summed E-state index contributed by atoms with van der Waals surface area (Å²) in [4.78, 5) is 35.4. The number of amides is 2. The number of carbonyl (C=O) groups is 2. The molecule has 0 radical (unpaired) electrons. The Balaban J connectivity index is 1.46. The van der Waals surface area contributed by atoms with Crippen molar-refractivity contribution in [2.45, 2.75) is 4.90 Å². The van der Waals surface area contributed by atoms with E-state index in [1.807, 2.05) is 0 Å². The lowest BCUT2D eigenvalue weighted by atomic mass is 10.2. The third-order valence-electron chi connectivity index (χ3n) is 6.37. The maximum atomic E-state index is 13.8. The Morgan fingerprint density at radius 1 is 0.936 bits per heavy atom. The second kappa shape index (κ2) is 15.6. The largest absolute Gasteiger partial charge is 0.497 e. The van der Waals surface area contributed by atoms with E-state index in [4.69, 9.17) is 25.8 Å². The summed E-state index contributed by atoms with van der Waals surface area (Å²) in [5.74, 6) is -0.488. The van der Waals surface area contributed by atoms with Gasteiger partial charge >= 0.3 is 0 Å². The van der Waals surface area contributed by atoms with Crippen LogP contribution in [0.4, 0.5) is 17.1 Å². The molecule has 0 aliphatic heterocycles. The number of nitrogens with zero attached hydrogens (tertiary/aromatic N) is 3. The van der Waals surface area contributed by atoms with Crippen molar-refractivity contribution < 1.29 is 37.1 Å². The molecular formula is C31H28ClN5O9S. The molecule has 0 heterocycles. The molecule has 47 heavy (non-hydrogen) atoms. The number of anilines is 2.